The van der Waals surface area contributed by atoms with Gasteiger partial charge < -0.3 is 39.0 Å². The van der Waals surface area contributed by atoms with Gasteiger partial charge >= 0.3 is 6.16 Å². The Morgan fingerprint density at radius 2 is 1.79 bits per heavy atom. The Morgan fingerprint density at radius 1 is 1.11 bits per heavy atom. The minimum Gasteiger partial charge on any atom is -0.491 e. The molecule has 0 spiro atoms. The van der Waals surface area contributed by atoms with Crippen molar-refractivity contribution < 1.29 is 43.8 Å². The molecule has 210 valence electrons. The normalized spacial score (nSPS) is 23.4. The summed E-state index contributed by atoms with van der Waals surface area (Å²) in [4.78, 5) is 11.7. The number of aliphatic hydroxyl groups is 3. The van der Waals surface area contributed by atoms with Gasteiger partial charge in [-0.1, -0.05) is 24.8 Å². The highest BCUT2D eigenvalue weighted by molar-refractivity contribution is 5.59. The highest BCUT2D eigenvalue weighted by Gasteiger charge is 2.46. The first-order chi connectivity index (χ1) is 18.0. The largest absolute Gasteiger partial charge is 0.508 e. The summed E-state index contributed by atoms with van der Waals surface area (Å²) >= 11 is 0. The lowest BCUT2D eigenvalue weighted by atomic mass is 9.99. The number of carbonyl (C=O) groups is 1. The highest BCUT2D eigenvalue weighted by Crippen LogP contribution is 2.31. The van der Waals surface area contributed by atoms with Gasteiger partial charge in [-0.3, -0.25) is 4.68 Å². The third-order valence-electron chi connectivity index (χ3n) is 5.98. The lowest BCUT2D eigenvalue weighted by molar-refractivity contribution is -0.278. The molecule has 1 saturated heterocycles. The maximum atomic E-state index is 11.7. The zero-order valence-corrected chi connectivity index (χ0v) is 22.4. The fraction of sp³-hybridized carbons (Fsp3) is 0.556. The summed E-state index contributed by atoms with van der Waals surface area (Å²) in [6, 6.07) is 7.74. The zero-order valence-electron chi connectivity index (χ0n) is 22.4. The summed E-state index contributed by atoms with van der Waals surface area (Å²) < 4.78 is 28.9. The second-order valence-electron chi connectivity index (χ2n) is 9.69. The van der Waals surface area contributed by atoms with Gasteiger partial charge in [-0.25, -0.2) is 4.79 Å². The van der Waals surface area contributed by atoms with Crippen molar-refractivity contribution in [2.24, 2.45) is 0 Å². The summed E-state index contributed by atoms with van der Waals surface area (Å²) in [6.45, 7) is 12.8. The minimum atomic E-state index is -1.61. The van der Waals surface area contributed by atoms with Crippen molar-refractivity contribution in [3.63, 3.8) is 0 Å². The van der Waals surface area contributed by atoms with Crippen LogP contribution in [0.2, 0.25) is 0 Å². The van der Waals surface area contributed by atoms with Crippen molar-refractivity contribution in [3.05, 3.63) is 53.7 Å². The van der Waals surface area contributed by atoms with Gasteiger partial charge in [-0.15, -0.1) is 5.10 Å². The van der Waals surface area contributed by atoms with E-state index in [4.69, 9.17) is 23.7 Å². The predicted molar refractivity (Wildman–Crippen MR) is 137 cm³/mol. The smallest absolute Gasteiger partial charge is 0.491 e. The fourth-order valence-corrected chi connectivity index (χ4v) is 4.07. The summed E-state index contributed by atoms with van der Waals surface area (Å²) in [6.07, 6.45) is -6.37. The topological polar surface area (TPSA) is 142 Å². The van der Waals surface area contributed by atoms with Crippen LogP contribution in [0.5, 0.6) is 11.6 Å². The molecule has 1 fully saturated rings. The van der Waals surface area contributed by atoms with E-state index in [9.17, 15) is 20.1 Å². The number of rotatable bonds is 11. The summed E-state index contributed by atoms with van der Waals surface area (Å²) in [7, 11) is 0. The van der Waals surface area contributed by atoms with E-state index >= 15 is 0 Å². The molecule has 1 aromatic carbocycles. The second kappa shape index (κ2) is 13.1. The van der Waals surface area contributed by atoms with Crippen molar-refractivity contribution in [3.8, 4) is 11.6 Å². The number of nitrogens with zero attached hydrogens (tertiary/aromatic N) is 2. The Kier molecular flexibility index (Phi) is 10.1. The van der Waals surface area contributed by atoms with E-state index in [1.165, 1.54) is 6.08 Å². The summed E-state index contributed by atoms with van der Waals surface area (Å²) in [5, 5.41) is 36.0. The third kappa shape index (κ3) is 7.25. The number of benzene rings is 1. The van der Waals surface area contributed by atoms with Gasteiger partial charge in [-0.2, -0.15) is 0 Å². The van der Waals surface area contributed by atoms with E-state index in [1.54, 1.807) is 4.68 Å². The van der Waals surface area contributed by atoms with Crippen molar-refractivity contribution in [1.29, 1.82) is 0 Å². The van der Waals surface area contributed by atoms with E-state index in [2.05, 4.69) is 11.7 Å². The number of aliphatic hydroxyl groups excluding tert-OH is 3. The first-order valence-corrected chi connectivity index (χ1v) is 12.6. The molecule has 0 radical (unpaired) electrons. The van der Waals surface area contributed by atoms with Crippen LogP contribution in [-0.4, -0.2) is 81.3 Å². The molecular formula is C27H38N2O9. The molecule has 38 heavy (non-hydrogen) atoms. The second-order valence-corrected chi connectivity index (χ2v) is 9.69. The molecule has 5 atom stereocenters. The molecule has 0 saturated carbocycles. The average Bonchev–Trinajstić information content (AvgIpc) is 3.18. The molecule has 1 aliphatic heterocycles. The van der Waals surface area contributed by atoms with Gasteiger partial charge in [0.05, 0.1) is 6.10 Å². The first-order valence-electron chi connectivity index (χ1n) is 12.6. The minimum absolute atomic E-state index is 0.0280. The van der Waals surface area contributed by atoms with E-state index in [1.807, 2.05) is 58.9 Å². The van der Waals surface area contributed by atoms with E-state index in [0.29, 0.717) is 6.42 Å². The Hall–Kier alpha value is -3.12. The lowest BCUT2D eigenvalue weighted by Gasteiger charge is -2.39. The summed E-state index contributed by atoms with van der Waals surface area (Å²) in [5.41, 5.74) is 2.63. The van der Waals surface area contributed by atoms with Gasteiger partial charge in [-0.05, 0) is 52.3 Å². The Morgan fingerprint density at radius 3 is 2.39 bits per heavy atom. The van der Waals surface area contributed by atoms with Crippen LogP contribution in [0.1, 0.15) is 50.6 Å². The van der Waals surface area contributed by atoms with Gasteiger partial charge in [0.25, 0.3) is 0 Å². The number of aromatic nitrogens is 2. The molecule has 0 aliphatic carbocycles. The molecule has 2 aromatic rings. The summed E-state index contributed by atoms with van der Waals surface area (Å²) in [5.74, 6) is 0.985. The average molecular weight is 535 g/mol. The van der Waals surface area contributed by atoms with Crippen LogP contribution >= 0.6 is 0 Å². The van der Waals surface area contributed by atoms with Crippen molar-refractivity contribution in [2.45, 2.75) is 83.9 Å². The van der Waals surface area contributed by atoms with Crippen molar-refractivity contribution >= 4 is 6.16 Å². The van der Waals surface area contributed by atoms with Crippen LogP contribution in [-0.2, 0) is 20.6 Å². The SMILES string of the molecule is C=CCOC(=O)OC[C@H]1O[C@@H](Oc2nn(C(C)C)c(C)c2Cc2ccc(OC(C)C)cc2)[C@H](O)[C@@H](O)[C@@H]1O. The molecule has 3 N–H and O–H groups in total. The van der Waals surface area contributed by atoms with Crippen LogP contribution in [0.3, 0.4) is 0 Å². The predicted octanol–water partition coefficient (Wildman–Crippen LogP) is 2.68. The molecule has 1 aromatic heterocycles. The Balaban J connectivity index is 1.80. The van der Waals surface area contributed by atoms with Crippen LogP contribution in [0.25, 0.3) is 0 Å². The van der Waals surface area contributed by atoms with Gasteiger partial charge in [0.1, 0.15) is 43.4 Å². The molecule has 11 nitrogen and oxygen atoms in total. The number of hydrogen-bond acceptors (Lipinski definition) is 10. The standard InChI is InChI=1S/C27H38N2O9/c1-7-12-34-27(33)35-14-21-22(30)23(31)24(32)26(37-21)38-25-20(17(6)29(28-25)15(2)3)13-18-8-10-19(11-9-18)36-16(4)5/h7-11,15-16,21-24,26,30-32H,1,12-14H2,2-6H3/t21-,22-,23+,24-,26+/m1/s1. The Labute approximate surface area is 222 Å². The molecule has 0 unspecified atom stereocenters. The molecule has 1 aliphatic rings. The third-order valence-corrected chi connectivity index (χ3v) is 5.98. The van der Waals surface area contributed by atoms with Gasteiger partial charge in [0, 0.05) is 23.7 Å². The highest BCUT2D eigenvalue weighted by atomic mass is 16.7. The maximum Gasteiger partial charge on any atom is 0.508 e. The van der Waals surface area contributed by atoms with Crippen molar-refractivity contribution in [1.82, 2.24) is 9.78 Å². The van der Waals surface area contributed by atoms with E-state index in [-0.39, 0.29) is 24.6 Å². The molecular weight excluding hydrogens is 496 g/mol. The van der Waals surface area contributed by atoms with E-state index < -0.39 is 43.5 Å². The van der Waals surface area contributed by atoms with Gasteiger partial charge in [0.2, 0.25) is 12.2 Å². The Bertz CT molecular complexity index is 1070. The monoisotopic (exact) mass is 534 g/mol. The van der Waals surface area contributed by atoms with Crippen LogP contribution < -0.4 is 9.47 Å². The maximum absolute atomic E-state index is 11.7. The number of carbonyl (C=O) groups excluding carboxylic acids is 1. The van der Waals surface area contributed by atoms with Crippen LogP contribution in [0.15, 0.2) is 36.9 Å². The quantitative estimate of drug-likeness (QED) is 0.291. The van der Waals surface area contributed by atoms with Crippen LogP contribution in [0, 0.1) is 6.92 Å². The zero-order chi connectivity index (χ0) is 28.0. The number of hydrogen-bond donors (Lipinski definition) is 3. The van der Waals surface area contributed by atoms with Crippen molar-refractivity contribution in [2.75, 3.05) is 13.2 Å². The van der Waals surface area contributed by atoms with Gasteiger partial charge in [0.15, 0.2) is 0 Å². The lowest BCUT2D eigenvalue weighted by Crippen LogP contribution is -2.60. The van der Waals surface area contributed by atoms with Crippen LogP contribution in [0.4, 0.5) is 4.79 Å². The molecule has 3 rings (SSSR count). The number of ether oxygens (including phenoxy) is 5. The van der Waals surface area contributed by atoms with E-state index in [0.717, 1.165) is 22.6 Å². The molecule has 11 heteroatoms. The molecule has 0 bridgehead atoms. The molecule has 2 heterocycles. The first kappa shape index (κ1) is 29.4. The molecule has 0 amide bonds. The fourth-order valence-electron chi connectivity index (χ4n) is 4.07.